The molecule has 3 aromatic carbocycles. The average Bonchev–Trinajstić information content (AvgIpc) is 3.50. The SMILES string of the molecule is COc1ccc(N(C)C(=O)[C@]2(NC(=O)NS(=O)(=O)n3ccc4c(F)c(F)c(F)c(F)c43)CC2c2ccccc2)cc1. The standard InChI is InChI=1S/C27H22F4N4O5S/c1-34(16-8-10-17(40-2)11-9-16)25(36)27(14-19(27)15-6-4-3-5-7-15)32-26(37)33-41(38,39)35-13-12-18-20(28)21(29)22(30)23(31)24(18)35/h3-13,19H,14H2,1-2H3,(H2,32,33,37)/t19?,27-/m0/s1. The summed E-state index contributed by atoms with van der Waals surface area (Å²) in [4.78, 5) is 28.1. The zero-order valence-electron chi connectivity index (χ0n) is 21.5. The lowest BCUT2D eigenvalue weighted by atomic mass is 10.0. The van der Waals surface area contributed by atoms with Gasteiger partial charge in [0.05, 0.1) is 7.11 Å². The molecule has 3 amide bonds. The second kappa shape index (κ2) is 10.1. The summed E-state index contributed by atoms with van der Waals surface area (Å²) in [6.07, 6.45) is 0.758. The van der Waals surface area contributed by atoms with Crippen molar-refractivity contribution in [2.24, 2.45) is 0 Å². The number of hydrogen-bond donors (Lipinski definition) is 2. The minimum Gasteiger partial charge on any atom is -0.497 e. The predicted molar refractivity (Wildman–Crippen MR) is 141 cm³/mol. The number of nitrogens with zero attached hydrogens (tertiary/aromatic N) is 2. The van der Waals surface area contributed by atoms with Gasteiger partial charge < -0.3 is 15.0 Å². The van der Waals surface area contributed by atoms with Crippen molar-refractivity contribution in [3.63, 3.8) is 0 Å². The van der Waals surface area contributed by atoms with Gasteiger partial charge in [0.2, 0.25) is 0 Å². The van der Waals surface area contributed by atoms with Crippen molar-refractivity contribution in [1.29, 1.82) is 0 Å². The summed E-state index contributed by atoms with van der Waals surface area (Å²) < 4.78 is 89.0. The zero-order chi connectivity index (χ0) is 29.7. The maximum atomic E-state index is 14.5. The fourth-order valence-corrected chi connectivity index (χ4v) is 5.84. The van der Waals surface area contributed by atoms with Crippen LogP contribution in [-0.4, -0.2) is 44.0 Å². The second-order valence-corrected chi connectivity index (χ2v) is 10.9. The first-order valence-electron chi connectivity index (χ1n) is 12.1. The predicted octanol–water partition coefficient (Wildman–Crippen LogP) is 4.19. The largest absolute Gasteiger partial charge is 0.497 e. The molecule has 1 aliphatic carbocycles. The van der Waals surface area contributed by atoms with Crippen LogP contribution in [0.1, 0.15) is 17.9 Å². The minimum absolute atomic E-state index is 0.0718. The van der Waals surface area contributed by atoms with Gasteiger partial charge in [-0.25, -0.2) is 31.1 Å². The highest BCUT2D eigenvalue weighted by atomic mass is 32.2. The number of urea groups is 1. The van der Waals surface area contributed by atoms with Crippen molar-refractivity contribution in [2.75, 3.05) is 19.1 Å². The second-order valence-electron chi connectivity index (χ2n) is 9.39. The number of carbonyl (C=O) groups excluding carboxylic acids is 2. The van der Waals surface area contributed by atoms with Gasteiger partial charge in [-0.3, -0.25) is 4.79 Å². The van der Waals surface area contributed by atoms with Crippen LogP contribution in [0.3, 0.4) is 0 Å². The van der Waals surface area contributed by atoms with Gasteiger partial charge in [0.1, 0.15) is 16.8 Å². The fourth-order valence-electron chi connectivity index (χ4n) is 4.82. The van der Waals surface area contributed by atoms with E-state index in [1.54, 1.807) is 59.3 Å². The van der Waals surface area contributed by atoms with Gasteiger partial charge in [0.15, 0.2) is 23.3 Å². The molecular formula is C27H22F4N4O5S. The molecule has 1 aromatic heterocycles. The Balaban J connectivity index is 1.45. The average molecular weight is 591 g/mol. The van der Waals surface area contributed by atoms with E-state index in [-0.39, 0.29) is 10.4 Å². The number of ether oxygens (including phenoxy) is 1. The molecule has 41 heavy (non-hydrogen) atoms. The van der Waals surface area contributed by atoms with Gasteiger partial charge in [-0.1, -0.05) is 30.3 Å². The number of nitrogens with one attached hydrogen (secondary N) is 2. The number of aromatic nitrogens is 1. The summed E-state index contributed by atoms with van der Waals surface area (Å²) in [5.41, 5.74) is -1.53. The summed E-state index contributed by atoms with van der Waals surface area (Å²) in [7, 11) is -2.05. The molecule has 2 N–H and O–H groups in total. The van der Waals surface area contributed by atoms with E-state index >= 15 is 0 Å². The van der Waals surface area contributed by atoms with Crippen LogP contribution < -0.4 is 19.7 Å². The quantitative estimate of drug-likeness (QED) is 0.191. The number of methoxy groups -OCH3 is 1. The minimum atomic E-state index is -5.02. The normalized spacial score (nSPS) is 18.1. The summed E-state index contributed by atoms with van der Waals surface area (Å²) in [6.45, 7) is 0. The zero-order valence-corrected chi connectivity index (χ0v) is 22.3. The first kappa shape index (κ1) is 28.0. The highest BCUT2D eigenvalue weighted by Crippen LogP contribution is 2.52. The Morgan fingerprint density at radius 1 is 0.951 bits per heavy atom. The molecular weight excluding hydrogens is 568 g/mol. The third kappa shape index (κ3) is 4.73. The summed E-state index contributed by atoms with van der Waals surface area (Å²) in [5.74, 6) is -8.62. The molecule has 214 valence electrons. The Morgan fingerprint density at radius 3 is 2.22 bits per heavy atom. The molecule has 0 spiro atoms. The van der Waals surface area contributed by atoms with E-state index in [9.17, 15) is 35.6 Å². The van der Waals surface area contributed by atoms with Crippen LogP contribution >= 0.6 is 0 Å². The number of halogens is 4. The summed E-state index contributed by atoms with van der Waals surface area (Å²) >= 11 is 0. The smallest absolute Gasteiger partial charge is 0.331 e. The fraction of sp³-hybridized carbons (Fsp3) is 0.185. The maximum Gasteiger partial charge on any atom is 0.331 e. The van der Waals surface area contributed by atoms with Crippen LogP contribution in [0.4, 0.5) is 28.0 Å². The molecule has 14 heteroatoms. The molecule has 1 heterocycles. The number of benzene rings is 3. The van der Waals surface area contributed by atoms with E-state index in [1.807, 2.05) is 0 Å². The summed E-state index contributed by atoms with van der Waals surface area (Å²) in [6, 6.07) is 14.6. The van der Waals surface area contributed by atoms with Gasteiger partial charge in [0.25, 0.3) is 5.91 Å². The van der Waals surface area contributed by atoms with E-state index < -0.39 is 67.8 Å². The van der Waals surface area contributed by atoms with Crippen LogP contribution in [0.5, 0.6) is 5.75 Å². The van der Waals surface area contributed by atoms with E-state index in [2.05, 4.69) is 5.32 Å². The van der Waals surface area contributed by atoms with Crippen LogP contribution in [0.25, 0.3) is 10.9 Å². The van der Waals surface area contributed by atoms with Gasteiger partial charge in [-0.05, 0) is 42.3 Å². The lowest BCUT2D eigenvalue weighted by Gasteiger charge is -2.26. The lowest BCUT2D eigenvalue weighted by molar-refractivity contribution is -0.121. The molecule has 1 saturated carbocycles. The number of hydrogen-bond acceptors (Lipinski definition) is 5. The molecule has 0 saturated heterocycles. The van der Waals surface area contributed by atoms with Crippen molar-refractivity contribution in [3.8, 4) is 5.75 Å². The highest BCUT2D eigenvalue weighted by molar-refractivity contribution is 7.88. The topological polar surface area (TPSA) is 110 Å². The third-order valence-corrected chi connectivity index (χ3v) is 8.27. The highest BCUT2D eigenvalue weighted by Gasteiger charge is 2.63. The van der Waals surface area contributed by atoms with E-state index in [1.165, 1.54) is 19.1 Å². The van der Waals surface area contributed by atoms with Crippen molar-refractivity contribution < 1.29 is 40.3 Å². The maximum absolute atomic E-state index is 14.5. The van der Waals surface area contributed by atoms with E-state index in [0.29, 0.717) is 29.3 Å². The molecule has 4 aromatic rings. The van der Waals surface area contributed by atoms with E-state index in [4.69, 9.17) is 4.74 Å². The molecule has 1 fully saturated rings. The first-order valence-corrected chi connectivity index (χ1v) is 13.5. The first-order chi connectivity index (χ1) is 19.4. The molecule has 0 aliphatic heterocycles. The summed E-state index contributed by atoms with van der Waals surface area (Å²) in [5, 5.41) is 1.59. The molecule has 5 rings (SSSR count). The van der Waals surface area contributed by atoms with Crippen molar-refractivity contribution in [1.82, 2.24) is 14.0 Å². The van der Waals surface area contributed by atoms with Crippen LogP contribution in [0, 0.1) is 23.3 Å². The van der Waals surface area contributed by atoms with Crippen molar-refractivity contribution in [2.45, 2.75) is 17.9 Å². The monoisotopic (exact) mass is 590 g/mol. The Bertz CT molecular complexity index is 1780. The van der Waals surface area contributed by atoms with Gasteiger partial charge in [0, 0.05) is 30.2 Å². The van der Waals surface area contributed by atoms with Crippen LogP contribution in [0.15, 0.2) is 66.9 Å². The molecule has 0 radical (unpaired) electrons. The van der Waals surface area contributed by atoms with Gasteiger partial charge in [-0.2, -0.15) is 8.42 Å². The number of amides is 3. The van der Waals surface area contributed by atoms with Crippen molar-refractivity contribution >= 4 is 38.7 Å². The number of anilines is 1. The molecule has 1 unspecified atom stereocenters. The number of likely N-dealkylation sites (N-methyl/N-ethyl adjacent to an activating group) is 1. The molecule has 1 aliphatic rings. The van der Waals surface area contributed by atoms with E-state index in [0.717, 1.165) is 0 Å². The van der Waals surface area contributed by atoms with Crippen molar-refractivity contribution in [3.05, 3.63) is 95.7 Å². The van der Waals surface area contributed by atoms with Crippen LogP contribution in [-0.2, 0) is 15.0 Å². The Kier molecular flexibility index (Phi) is 6.89. The molecule has 0 bridgehead atoms. The number of rotatable bonds is 7. The Hall–Kier alpha value is -4.59. The molecule has 9 nitrogen and oxygen atoms in total. The Morgan fingerprint density at radius 2 is 1.59 bits per heavy atom. The third-order valence-electron chi connectivity index (χ3n) is 7.00. The molecule has 2 atom stereocenters. The number of fused-ring (bicyclic) bond motifs is 1. The van der Waals surface area contributed by atoms with Crippen LogP contribution in [0.2, 0.25) is 0 Å². The number of carbonyl (C=O) groups is 2. The van der Waals surface area contributed by atoms with Gasteiger partial charge in [-0.15, -0.1) is 0 Å². The Labute approximate surface area is 231 Å². The van der Waals surface area contributed by atoms with Gasteiger partial charge >= 0.3 is 16.2 Å². The lowest BCUT2D eigenvalue weighted by Crippen LogP contribution is -2.55.